The fourth-order valence-electron chi connectivity index (χ4n) is 3.86. The molecule has 0 aromatic carbocycles. The second kappa shape index (κ2) is 8.14. The van der Waals surface area contributed by atoms with Gasteiger partial charge in [-0.2, -0.15) is 0 Å². The lowest BCUT2D eigenvalue weighted by Gasteiger charge is -2.45. The minimum Gasteiger partial charge on any atom is -0.349 e. The zero-order chi connectivity index (χ0) is 14.1. The van der Waals surface area contributed by atoms with Gasteiger partial charge in [0.2, 0.25) is 0 Å². The van der Waals surface area contributed by atoms with Crippen molar-refractivity contribution in [1.29, 1.82) is 0 Å². The van der Waals surface area contributed by atoms with Crippen molar-refractivity contribution in [3.63, 3.8) is 0 Å². The summed E-state index contributed by atoms with van der Waals surface area (Å²) < 4.78 is 0. The highest BCUT2D eigenvalue weighted by Gasteiger charge is 2.39. The van der Waals surface area contributed by atoms with E-state index in [4.69, 9.17) is 5.73 Å². The van der Waals surface area contributed by atoms with Crippen LogP contribution in [0.2, 0.25) is 0 Å². The van der Waals surface area contributed by atoms with Crippen molar-refractivity contribution < 1.29 is 4.79 Å². The number of carbonyl (C=O) groups is 1. The first-order valence-corrected chi connectivity index (χ1v) is 7.62. The number of nitrogens with two attached hydrogens (primary N) is 1. The van der Waals surface area contributed by atoms with Gasteiger partial charge in [-0.3, -0.25) is 9.78 Å². The summed E-state index contributed by atoms with van der Waals surface area (Å²) >= 11 is 0. The van der Waals surface area contributed by atoms with Gasteiger partial charge >= 0.3 is 0 Å². The van der Waals surface area contributed by atoms with Crippen molar-refractivity contribution in [1.82, 2.24) is 10.3 Å². The predicted molar refractivity (Wildman–Crippen MR) is 92.8 cm³/mol. The molecule has 2 bridgehead atoms. The predicted octanol–water partition coefficient (Wildman–Crippen LogP) is 2.87. The molecule has 1 aromatic heterocycles. The van der Waals surface area contributed by atoms with Gasteiger partial charge in [0.15, 0.2) is 0 Å². The second-order valence-electron chi connectivity index (χ2n) is 6.37. The third kappa shape index (κ3) is 4.12. The lowest BCUT2D eigenvalue weighted by Crippen LogP contribution is -2.53. The van der Waals surface area contributed by atoms with E-state index < -0.39 is 0 Å². The molecule has 2 atom stereocenters. The van der Waals surface area contributed by atoms with E-state index in [1.807, 2.05) is 19.1 Å². The van der Waals surface area contributed by atoms with Gasteiger partial charge in [0.1, 0.15) is 0 Å². The number of hydrogen-bond donors (Lipinski definition) is 2. The molecular formula is C16H25Cl2N3O. The summed E-state index contributed by atoms with van der Waals surface area (Å²) in [5.41, 5.74) is 7.71. The summed E-state index contributed by atoms with van der Waals surface area (Å²) in [4.78, 5) is 16.6. The number of fused-ring (bicyclic) bond motifs is 2. The monoisotopic (exact) mass is 345 g/mol. The van der Waals surface area contributed by atoms with Crippen LogP contribution >= 0.6 is 24.8 Å². The summed E-state index contributed by atoms with van der Waals surface area (Å²) in [5.74, 6) is 1.12. The third-order valence-electron chi connectivity index (χ3n) is 4.85. The average Bonchev–Trinajstić information content (AvgIpc) is 2.40. The molecule has 2 aliphatic carbocycles. The highest BCUT2D eigenvalue weighted by molar-refractivity contribution is 5.94. The number of carbonyl (C=O) groups excluding carboxylic acids is 1. The molecule has 0 aliphatic heterocycles. The van der Waals surface area contributed by atoms with Crippen LogP contribution < -0.4 is 11.1 Å². The Kier molecular flexibility index (Phi) is 7.10. The van der Waals surface area contributed by atoms with Gasteiger partial charge in [0.05, 0.1) is 5.56 Å². The molecule has 124 valence electrons. The van der Waals surface area contributed by atoms with Crippen molar-refractivity contribution in [3.05, 3.63) is 29.6 Å². The van der Waals surface area contributed by atoms with Crippen molar-refractivity contribution in [2.24, 2.45) is 17.6 Å². The Bertz CT molecular complexity index is 481. The first kappa shape index (κ1) is 19.2. The van der Waals surface area contributed by atoms with Crippen LogP contribution in [-0.2, 0) is 0 Å². The van der Waals surface area contributed by atoms with E-state index >= 15 is 0 Å². The molecule has 0 saturated heterocycles. The Morgan fingerprint density at radius 1 is 1.23 bits per heavy atom. The minimum absolute atomic E-state index is 0. The molecule has 2 unspecified atom stereocenters. The molecule has 3 rings (SSSR count). The molecule has 0 radical (unpaired) electrons. The summed E-state index contributed by atoms with van der Waals surface area (Å²) in [5, 5.41) is 3.24. The minimum atomic E-state index is 0. The molecule has 1 aromatic rings. The van der Waals surface area contributed by atoms with E-state index in [1.54, 1.807) is 6.20 Å². The largest absolute Gasteiger partial charge is 0.349 e. The van der Waals surface area contributed by atoms with E-state index in [0.29, 0.717) is 29.5 Å². The fourth-order valence-corrected chi connectivity index (χ4v) is 3.86. The summed E-state index contributed by atoms with van der Waals surface area (Å²) in [7, 11) is 0. The van der Waals surface area contributed by atoms with E-state index in [1.165, 1.54) is 19.3 Å². The van der Waals surface area contributed by atoms with Gasteiger partial charge in [-0.05, 0) is 56.6 Å². The maximum Gasteiger partial charge on any atom is 0.253 e. The zero-order valence-electron chi connectivity index (χ0n) is 12.8. The Morgan fingerprint density at radius 2 is 1.86 bits per heavy atom. The smallest absolute Gasteiger partial charge is 0.253 e. The highest BCUT2D eigenvalue weighted by atomic mass is 35.5. The van der Waals surface area contributed by atoms with Gasteiger partial charge in [-0.1, -0.05) is 6.42 Å². The Labute approximate surface area is 144 Å². The van der Waals surface area contributed by atoms with E-state index in [-0.39, 0.29) is 30.7 Å². The summed E-state index contributed by atoms with van der Waals surface area (Å²) in [6, 6.07) is 4.35. The lowest BCUT2D eigenvalue weighted by atomic mass is 9.67. The number of aryl methyl sites for hydroxylation is 1. The first-order valence-electron chi connectivity index (χ1n) is 7.62. The summed E-state index contributed by atoms with van der Waals surface area (Å²) in [6.45, 7) is 1.93. The molecule has 4 nitrogen and oxygen atoms in total. The van der Waals surface area contributed by atoms with Crippen molar-refractivity contribution >= 4 is 30.7 Å². The molecule has 22 heavy (non-hydrogen) atoms. The highest BCUT2D eigenvalue weighted by Crippen LogP contribution is 2.39. The SMILES string of the molecule is Cc1ccc(C(=O)NC2C3CCCC2CC(N)C3)cn1.Cl.Cl. The third-order valence-corrected chi connectivity index (χ3v) is 4.85. The Balaban J connectivity index is 0.00000121. The van der Waals surface area contributed by atoms with Crippen LogP contribution in [0.1, 0.15) is 48.2 Å². The molecule has 2 saturated carbocycles. The quantitative estimate of drug-likeness (QED) is 0.865. The van der Waals surface area contributed by atoms with E-state index in [9.17, 15) is 4.79 Å². The van der Waals surface area contributed by atoms with Crippen LogP contribution in [0.4, 0.5) is 0 Å². The molecule has 2 aliphatic rings. The number of halogens is 2. The standard InChI is InChI=1S/C16H23N3O.2ClH/c1-10-5-6-13(9-18-10)16(20)19-15-11-3-2-4-12(15)8-14(17)7-11;;/h5-6,9,11-12,14-15H,2-4,7-8,17H2,1H3,(H,19,20);2*1H. The maximum absolute atomic E-state index is 12.4. The van der Waals surface area contributed by atoms with Crippen LogP contribution in [0, 0.1) is 18.8 Å². The zero-order valence-corrected chi connectivity index (χ0v) is 14.5. The van der Waals surface area contributed by atoms with Crippen molar-refractivity contribution in [3.8, 4) is 0 Å². The van der Waals surface area contributed by atoms with Gasteiger partial charge in [0, 0.05) is 24.0 Å². The number of pyridine rings is 1. The molecule has 3 N–H and O–H groups in total. The van der Waals surface area contributed by atoms with Gasteiger partial charge < -0.3 is 11.1 Å². The van der Waals surface area contributed by atoms with Crippen LogP contribution in [0.25, 0.3) is 0 Å². The Morgan fingerprint density at radius 3 is 2.41 bits per heavy atom. The number of hydrogen-bond acceptors (Lipinski definition) is 3. The molecule has 6 heteroatoms. The summed E-state index contributed by atoms with van der Waals surface area (Å²) in [6.07, 6.45) is 7.43. The van der Waals surface area contributed by atoms with E-state index in [2.05, 4.69) is 10.3 Å². The van der Waals surface area contributed by atoms with Crippen LogP contribution in [0.3, 0.4) is 0 Å². The second-order valence-corrected chi connectivity index (χ2v) is 6.37. The molecular weight excluding hydrogens is 321 g/mol. The molecule has 1 amide bonds. The van der Waals surface area contributed by atoms with Crippen LogP contribution in [0.5, 0.6) is 0 Å². The van der Waals surface area contributed by atoms with Crippen molar-refractivity contribution in [2.75, 3.05) is 0 Å². The van der Waals surface area contributed by atoms with Gasteiger partial charge in [-0.15, -0.1) is 24.8 Å². The molecule has 0 spiro atoms. The molecule has 1 heterocycles. The normalized spacial score (nSPS) is 29.7. The molecule has 2 fully saturated rings. The number of amides is 1. The van der Waals surface area contributed by atoms with Gasteiger partial charge in [-0.25, -0.2) is 0 Å². The Hall–Kier alpha value is -0.840. The maximum atomic E-state index is 12.4. The fraction of sp³-hybridized carbons (Fsp3) is 0.625. The van der Waals surface area contributed by atoms with E-state index in [0.717, 1.165) is 18.5 Å². The number of rotatable bonds is 2. The number of aromatic nitrogens is 1. The first-order chi connectivity index (χ1) is 9.63. The van der Waals surface area contributed by atoms with Crippen LogP contribution in [-0.4, -0.2) is 23.0 Å². The average molecular weight is 346 g/mol. The number of nitrogens with one attached hydrogen (secondary N) is 1. The van der Waals surface area contributed by atoms with Gasteiger partial charge in [0.25, 0.3) is 5.91 Å². The van der Waals surface area contributed by atoms with Crippen LogP contribution in [0.15, 0.2) is 18.3 Å². The lowest BCUT2D eigenvalue weighted by molar-refractivity contribution is 0.0755. The van der Waals surface area contributed by atoms with Crippen molar-refractivity contribution in [2.45, 2.75) is 51.1 Å². The number of nitrogens with zero attached hydrogens (tertiary/aromatic N) is 1. The topological polar surface area (TPSA) is 68.0 Å².